The SMILES string of the molecule is CN1CCCC(NCc2cccc(Cl)c2Cl)C1. The van der Waals surface area contributed by atoms with Gasteiger partial charge in [-0.05, 0) is 38.1 Å². The van der Waals surface area contributed by atoms with E-state index >= 15 is 0 Å². The monoisotopic (exact) mass is 272 g/mol. The van der Waals surface area contributed by atoms with Crippen LogP contribution < -0.4 is 5.32 Å². The highest BCUT2D eigenvalue weighted by Crippen LogP contribution is 2.25. The fourth-order valence-corrected chi connectivity index (χ4v) is 2.66. The van der Waals surface area contributed by atoms with E-state index in [9.17, 15) is 0 Å². The van der Waals surface area contributed by atoms with E-state index in [0.717, 1.165) is 18.7 Å². The highest BCUT2D eigenvalue weighted by atomic mass is 35.5. The lowest BCUT2D eigenvalue weighted by Gasteiger charge is -2.30. The van der Waals surface area contributed by atoms with Crippen LogP contribution >= 0.6 is 23.2 Å². The maximum absolute atomic E-state index is 6.16. The van der Waals surface area contributed by atoms with E-state index in [2.05, 4.69) is 17.3 Å². The molecule has 1 aromatic rings. The Hall–Kier alpha value is -0.280. The van der Waals surface area contributed by atoms with E-state index in [0.29, 0.717) is 16.1 Å². The van der Waals surface area contributed by atoms with E-state index in [1.54, 1.807) is 0 Å². The second-order valence-electron chi connectivity index (χ2n) is 4.70. The second-order valence-corrected chi connectivity index (χ2v) is 5.48. The summed E-state index contributed by atoms with van der Waals surface area (Å²) in [5.41, 5.74) is 1.08. The Balaban J connectivity index is 1.91. The molecule has 2 nitrogen and oxygen atoms in total. The van der Waals surface area contributed by atoms with Crippen LogP contribution in [0, 0.1) is 0 Å². The Morgan fingerprint density at radius 3 is 3.00 bits per heavy atom. The van der Waals surface area contributed by atoms with Crippen LogP contribution in [0.1, 0.15) is 18.4 Å². The maximum atomic E-state index is 6.16. The number of benzene rings is 1. The van der Waals surface area contributed by atoms with Crippen LogP contribution in [-0.2, 0) is 6.54 Å². The molecule has 1 aromatic carbocycles. The molecule has 1 heterocycles. The summed E-state index contributed by atoms with van der Waals surface area (Å²) >= 11 is 12.1. The summed E-state index contributed by atoms with van der Waals surface area (Å²) in [4.78, 5) is 2.36. The van der Waals surface area contributed by atoms with Gasteiger partial charge in [0.25, 0.3) is 0 Å². The third-order valence-electron chi connectivity index (χ3n) is 3.24. The molecule has 1 N–H and O–H groups in total. The third kappa shape index (κ3) is 3.59. The van der Waals surface area contributed by atoms with Crippen molar-refractivity contribution in [2.75, 3.05) is 20.1 Å². The molecule has 4 heteroatoms. The molecule has 0 bridgehead atoms. The molecule has 1 saturated heterocycles. The average Bonchev–Trinajstić information content (AvgIpc) is 2.31. The smallest absolute Gasteiger partial charge is 0.0637 e. The van der Waals surface area contributed by atoms with Crippen molar-refractivity contribution in [3.63, 3.8) is 0 Å². The number of piperidine rings is 1. The summed E-state index contributed by atoms with van der Waals surface area (Å²) in [6, 6.07) is 6.34. The number of hydrogen-bond donors (Lipinski definition) is 1. The molecule has 1 fully saturated rings. The lowest BCUT2D eigenvalue weighted by Crippen LogP contribution is -2.43. The van der Waals surface area contributed by atoms with Crippen LogP contribution in [0.25, 0.3) is 0 Å². The molecule has 1 atom stereocenters. The van der Waals surface area contributed by atoms with Crippen LogP contribution in [-0.4, -0.2) is 31.1 Å². The zero-order valence-corrected chi connectivity index (χ0v) is 11.6. The summed E-state index contributed by atoms with van der Waals surface area (Å²) in [7, 11) is 2.17. The van der Waals surface area contributed by atoms with Gasteiger partial charge in [0.1, 0.15) is 0 Å². The Morgan fingerprint density at radius 1 is 1.41 bits per heavy atom. The van der Waals surface area contributed by atoms with Gasteiger partial charge in [0.05, 0.1) is 10.0 Å². The third-order valence-corrected chi connectivity index (χ3v) is 4.10. The summed E-state index contributed by atoms with van der Waals surface area (Å²) in [5.74, 6) is 0. The minimum absolute atomic E-state index is 0.559. The number of nitrogens with one attached hydrogen (secondary N) is 1. The van der Waals surface area contributed by atoms with Crippen molar-refractivity contribution in [2.24, 2.45) is 0 Å². The molecule has 1 aliphatic heterocycles. The van der Waals surface area contributed by atoms with Gasteiger partial charge in [0.2, 0.25) is 0 Å². The van der Waals surface area contributed by atoms with Crippen molar-refractivity contribution in [2.45, 2.75) is 25.4 Å². The highest BCUT2D eigenvalue weighted by Gasteiger charge is 2.16. The van der Waals surface area contributed by atoms with Crippen molar-refractivity contribution in [3.8, 4) is 0 Å². The van der Waals surface area contributed by atoms with Crippen LogP contribution in [0.4, 0.5) is 0 Å². The van der Waals surface area contributed by atoms with E-state index in [1.807, 2.05) is 18.2 Å². The molecule has 2 rings (SSSR count). The van der Waals surface area contributed by atoms with Crippen molar-refractivity contribution >= 4 is 23.2 Å². The molecular weight excluding hydrogens is 255 g/mol. The van der Waals surface area contributed by atoms with Gasteiger partial charge in [-0.25, -0.2) is 0 Å². The molecule has 94 valence electrons. The first-order valence-corrected chi connectivity index (χ1v) is 6.77. The van der Waals surface area contributed by atoms with Gasteiger partial charge in [-0.15, -0.1) is 0 Å². The zero-order valence-electron chi connectivity index (χ0n) is 10.0. The zero-order chi connectivity index (χ0) is 12.3. The topological polar surface area (TPSA) is 15.3 Å². The summed E-state index contributed by atoms with van der Waals surface area (Å²) in [6.45, 7) is 3.10. The number of likely N-dealkylation sites (N-methyl/N-ethyl adjacent to an activating group) is 1. The van der Waals surface area contributed by atoms with Crippen LogP contribution in [0.2, 0.25) is 10.0 Å². The first-order valence-electron chi connectivity index (χ1n) is 6.01. The van der Waals surface area contributed by atoms with Crippen LogP contribution in [0.3, 0.4) is 0 Å². The highest BCUT2D eigenvalue weighted by molar-refractivity contribution is 6.42. The van der Waals surface area contributed by atoms with Gasteiger partial charge >= 0.3 is 0 Å². The predicted molar refractivity (Wildman–Crippen MR) is 73.8 cm³/mol. The Bertz CT molecular complexity index is 382. The fraction of sp³-hybridized carbons (Fsp3) is 0.538. The van der Waals surface area contributed by atoms with Gasteiger partial charge in [0.15, 0.2) is 0 Å². The predicted octanol–water partition coefficient (Wildman–Crippen LogP) is 3.18. The molecule has 0 spiro atoms. The quantitative estimate of drug-likeness (QED) is 0.910. The van der Waals surface area contributed by atoms with E-state index in [4.69, 9.17) is 23.2 Å². The average molecular weight is 273 g/mol. The van der Waals surface area contributed by atoms with Crippen LogP contribution in [0.5, 0.6) is 0 Å². The van der Waals surface area contributed by atoms with Crippen LogP contribution in [0.15, 0.2) is 18.2 Å². The van der Waals surface area contributed by atoms with E-state index in [1.165, 1.54) is 19.4 Å². The minimum atomic E-state index is 0.559. The fourth-order valence-electron chi connectivity index (χ4n) is 2.27. The number of likely N-dealkylation sites (tertiary alicyclic amines) is 1. The van der Waals surface area contributed by atoms with Gasteiger partial charge in [-0.1, -0.05) is 35.3 Å². The lowest BCUT2D eigenvalue weighted by molar-refractivity contribution is 0.226. The normalized spacial score (nSPS) is 21.7. The van der Waals surface area contributed by atoms with Gasteiger partial charge in [0, 0.05) is 19.1 Å². The largest absolute Gasteiger partial charge is 0.309 e. The molecule has 0 saturated carbocycles. The number of hydrogen-bond acceptors (Lipinski definition) is 2. The molecule has 0 amide bonds. The minimum Gasteiger partial charge on any atom is -0.309 e. The number of halogens is 2. The number of nitrogens with zero attached hydrogens (tertiary/aromatic N) is 1. The molecule has 17 heavy (non-hydrogen) atoms. The molecule has 0 aromatic heterocycles. The maximum Gasteiger partial charge on any atom is 0.0637 e. The second kappa shape index (κ2) is 6.05. The molecule has 1 aliphatic rings. The van der Waals surface area contributed by atoms with Gasteiger partial charge in [-0.3, -0.25) is 0 Å². The first kappa shape index (κ1) is 13.2. The van der Waals surface area contributed by atoms with E-state index in [-0.39, 0.29) is 0 Å². The molecule has 0 radical (unpaired) electrons. The standard InChI is InChI=1S/C13H18Cl2N2/c1-17-7-3-5-11(9-17)16-8-10-4-2-6-12(14)13(10)15/h2,4,6,11,16H,3,5,7-9H2,1H3. The van der Waals surface area contributed by atoms with Gasteiger partial charge in [-0.2, -0.15) is 0 Å². The summed E-state index contributed by atoms with van der Waals surface area (Å²) in [5, 5.41) is 4.85. The molecule has 1 unspecified atom stereocenters. The Morgan fingerprint density at radius 2 is 2.24 bits per heavy atom. The Labute approximate surface area is 113 Å². The van der Waals surface area contributed by atoms with E-state index < -0.39 is 0 Å². The number of rotatable bonds is 3. The van der Waals surface area contributed by atoms with Crippen molar-refractivity contribution in [1.82, 2.24) is 10.2 Å². The molecule has 0 aliphatic carbocycles. The summed E-state index contributed by atoms with van der Waals surface area (Å²) < 4.78 is 0. The molecular formula is C13H18Cl2N2. The van der Waals surface area contributed by atoms with Crippen molar-refractivity contribution < 1.29 is 0 Å². The summed E-state index contributed by atoms with van der Waals surface area (Å²) in [6.07, 6.45) is 2.50. The lowest BCUT2D eigenvalue weighted by atomic mass is 10.1. The van der Waals surface area contributed by atoms with Crippen molar-refractivity contribution in [3.05, 3.63) is 33.8 Å². The first-order chi connectivity index (χ1) is 8.16. The van der Waals surface area contributed by atoms with Gasteiger partial charge < -0.3 is 10.2 Å². The van der Waals surface area contributed by atoms with Crippen molar-refractivity contribution in [1.29, 1.82) is 0 Å². The Kier molecular flexibility index (Phi) is 4.69.